The van der Waals surface area contributed by atoms with Gasteiger partial charge < -0.3 is 5.73 Å². The molecule has 1 unspecified atom stereocenters. The third-order valence-corrected chi connectivity index (χ3v) is 5.17. The van der Waals surface area contributed by atoms with Crippen LogP contribution in [0, 0.1) is 0 Å². The number of rotatable bonds is 3. The van der Waals surface area contributed by atoms with Gasteiger partial charge in [-0.25, -0.2) is 4.98 Å². The Morgan fingerprint density at radius 1 is 1.33 bits per heavy atom. The first-order valence-electron chi connectivity index (χ1n) is 6.52. The van der Waals surface area contributed by atoms with Crippen molar-refractivity contribution in [1.82, 2.24) is 9.88 Å². The maximum Gasteiger partial charge on any atom is 0.180 e. The average molecular weight is 365 g/mol. The molecular formula is C14H16Cl3N3S. The zero-order chi connectivity index (χ0) is 14.1. The third-order valence-electron chi connectivity index (χ3n) is 3.62. The van der Waals surface area contributed by atoms with Gasteiger partial charge in [0.2, 0.25) is 0 Å². The molecule has 2 aromatic rings. The summed E-state index contributed by atoms with van der Waals surface area (Å²) < 4.78 is 0. The zero-order valence-electron chi connectivity index (χ0n) is 11.3. The first-order chi connectivity index (χ1) is 9.63. The Bertz CT molecular complexity index is 617. The second-order valence-electron chi connectivity index (χ2n) is 4.97. The van der Waals surface area contributed by atoms with Gasteiger partial charge in [-0.05, 0) is 37.1 Å². The molecule has 114 valence electrons. The summed E-state index contributed by atoms with van der Waals surface area (Å²) in [6, 6.07) is 6.32. The number of likely N-dealkylation sites (tertiary alicyclic amines) is 1. The fourth-order valence-electron chi connectivity index (χ4n) is 2.71. The van der Waals surface area contributed by atoms with E-state index in [0.29, 0.717) is 21.2 Å². The first kappa shape index (κ1) is 16.8. The van der Waals surface area contributed by atoms with Crippen molar-refractivity contribution < 1.29 is 0 Å². The van der Waals surface area contributed by atoms with E-state index < -0.39 is 0 Å². The van der Waals surface area contributed by atoms with E-state index in [-0.39, 0.29) is 12.4 Å². The molecule has 1 aromatic heterocycles. The first-order valence-corrected chi connectivity index (χ1v) is 8.10. The minimum Gasteiger partial charge on any atom is -0.375 e. The maximum atomic E-state index is 6.13. The lowest BCUT2D eigenvalue weighted by Gasteiger charge is -2.24. The van der Waals surface area contributed by atoms with Crippen LogP contribution in [0.4, 0.5) is 5.13 Å². The lowest BCUT2D eigenvalue weighted by Crippen LogP contribution is -2.22. The molecule has 1 saturated heterocycles. The molecule has 0 aliphatic carbocycles. The topological polar surface area (TPSA) is 42.1 Å². The monoisotopic (exact) mass is 363 g/mol. The van der Waals surface area contributed by atoms with Gasteiger partial charge in [0.05, 0.1) is 10.0 Å². The molecule has 1 fully saturated rings. The summed E-state index contributed by atoms with van der Waals surface area (Å²) in [5.74, 6) is 0. The standard InChI is InChI=1S/C14H15Cl2N3S.ClH/c15-11-4-3-9(6-12(11)16)13-2-1-5-19(13)8-10-7-18-14(17)20-10;/h3-4,6-7,13H,1-2,5,8H2,(H2,17,18);1H. The van der Waals surface area contributed by atoms with Crippen molar-refractivity contribution in [1.29, 1.82) is 0 Å². The molecule has 1 atom stereocenters. The number of aromatic nitrogens is 1. The predicted octanol–water partition coefficient (Wildman–Crippen LogP) is 4.79. The quantitative estimate of drug-likeness (QED) is 0.851. The average Bonchev–Trinajstić information content (AvgIpc) is 3.03. The summed E-state index contributed by atoms with van der Waals surface area (Å²) in [7, 11) is 0. The molecule has 0 saturated carbocycles. The smallest absolute Gasteiger partial charge is 0.180 e. The molecule has 0 bridgehead atoms. The Balaban J connectivity index is 0.00000161. The van der Waals surface area contributed by atoms with Gasteiger partial charge in [-0.15, -0.1) is 23.7 Å². The van der Waals surface area contributed by atoms with Gasteiger partial charge in [-0.3, -0.25) is 4.90 Å². The minimum absolute atomic E-state index is 0. The van der Waals surface area contributed by atoms with Crippen LogP contribution in [0.3, 0.4) is 0 Å². The molecule has 1 aliphatic heterocycles. The van der Waals surface area contributed by atoms with Crippen molar-refractivity contribution in [3.63, 3.8) is 0 Å². The molecule has 1 aliphatic rings. The molecule has 21 heavy (non-hydrogen) atoms. The number of nitrogen functional groups attached to an aromatic ring is 1. The van der Waals surface area contributed by atoms with Crippen LogP contribution in [0.1, 0.15) is 29.3 Å². The number of halogens is 3. The van der Waals surface area contributed by atoms with Crippen molar-refractivity contribution in [2.75, 3.05) is 12.3 Å². The SMILES string of the molecule is Cl.Nc1ncc(CN2CCCC2c2ccc(Cl)c(Cl)c2)s1. The number of hydrogen-bond acceptors (Lipinski definition) is 4. The number of hydrogen-bond donors (Lipinski definition) is 1. The van der Waals surface area contributed by atoms with Crippen molar-refractivity contribution >= 4 is 52.1 Å². The summed E-state index contributed by atoms with van der Waals surface area (Å²) in [5.41, 5.74) is 6.92. The minimum atomic E-state index is 0. The molecule has 3 rings (SSSR count). The van der Waals surface area contributed by atoms with Crippen LogP contribution < -0.4 is 5.73 Å². The van der Waals surface area contributed by atoms with Crippen LogP contribution >= 0.6 is 46.9 Å². The second kappa shape index (κ2) is 7.16. The number of nitrogens with zero attached hydrogens (tertiary/aromatic N) is 2. The van der Waals surface area contributed by atoms with Crippen molar-refractivity contribution in [3.8, 4) is 0 Å². The van der Waals surface area contributed by atoms with Gasteiger partial charge in [0.25, 0.3) is 0 Å². The van der Waals surface area contributed by atoms with E-state index in [2.05, 4.69) is 16.0 Å². The van der Waals surface area contributed by atoms with Crippen LogP contribution in [0.25, 0.3) is 0 Å². The van der Waals surface area contributed by atoms with Crippen LogP contribution in [0.2, 0.25) is 10.0 Å². The molecule has 0 radical (unpaired) electrons. The van der Waals surface area contributed by atoms with Gasteiger partial charge in [0.15, 0.2) is 5.13 Å². The Labute approximate surface area is 144 Å². The molecular weight excluding hydrogens is 349 g/mol. The maximum absolute atomic E-state index is 6.13. The van der Waals surface area contributed by atoms with E-state index in [0.717, 1.165) is 19.5 Å². The molecule has 0 spiro atoms. The summed E-state index contributed by atoms with van der Waals surface area (Å²) in [5, 5.41) is 1.86. The zero-order valence-corrected chi connectivity index (χ0v) is 14.4. The largest absolute Gasteiger partial charge is 0.375 e. The third kappa shape index (κ3) is 3.82. The number of thiazole rings is 1. The van der Waals surface area contributed by atoms with Crippen molar-refractivity contribution in [2.24, 2.45) is 0 Å². The summed E-state index contributed by atoms with van der Waals surface area (Å²) in [6.45, 7) is 1.97. The van der Waals surface area contributed by atoms with Crippen LogP contribution in [0.5, 0.6) is 0 Å². The van der Waals surface area contributed by atoms with E-state index in [1.54, 1.807) is 11.3 Å². The van der Waals surface area contributed by atoms with E-state index in [9.17, 15) is 0 Å². The van der Waals surface area contributed by atoms with Gasteiger partial charge in [0.1, 0.15) is 0 Å². The fourth-order valence-corrected chi connectivity index (χ4v) is 3.72. The van der Waals surface area contributed by atoms with Crippen LogP contribution in [-0.4, -0.2) is 16.4 Å². The molecule has 1 aromatic carbocycles. The second-order valence-corrected chi connectivity index (χ2v) is 6.93. The number of anilines is 1. The van der Waals surface area contributed by atoms with Gasteiger partial charge in [0, 0.05) is 23.7 Å². The summed E-state index contributed by atoms with van der Waals surface area (Å²) in [4.78, 5) is 7.77. The molecule has 2 N–H and O–H groups in total. The Morgan fingerprint density at radius 2 is 2.14 bits per heavy atom. The molecule has 0 amide bonds. The van der Waals surface area contributed by atoms with Crippen LogP contribution in [0.15, 0.2) is 24.4 Å². The molecule has 3 nitrogen and oxygen atoms in total. The lowest BCUT2D eigenvalue weighted by molar-refractivity contribution is 0.250. The van der Waals surface area contributed by atoms with Crippen LogP contribution in [-0.2, 0) is 6.54 Å². The van der Waals surface area contributed by atoms with E-state index >= 15 is 0 Å². The van der Waals surface area contributed by atoms with Gasteiger partial charge in [-0.2, -0.15) is 0 Å². The van der Waals surface area contributed by atoms with E-state index in [1.807, 2.05) is 18.3 Å². The highest BCUT2D eigenvalue weighted by Gasteiger charge is 2.26. The molecule has 7 heteroatoms. The van der Waals surface area contributed by atoms with E-state index in [4.69, 9.17) is 28.9 Å². The number of benzene rings is 1. The Hall–Kier alpha value is -0.520. The highest BCUT2D eigenvalue weighted by molar-refractivity contribution is 7.15. The highest BCUT2D eigenvalue weighted by Crippen LogP contribution is 2.36. The predicted molar refractivity (Wildman–Crippen MR) is 92.6 cm³/mol. The van der Waals surface area contributed by atoms with Crippen molar-refractivity contribution in [3.05, 3.63) is 44.9 Å². The van der Waals surface area contributed by atoms with Gasteiger partial charge >= 0.3 is 0 Å². The summed E-state index contributed by atoms with van der Waals surface area (Å²) in [6.07, 6.45) is 4.20. The highest BCUT2D eigenvalue weighted by atomic mass is 35.5. The Morgan fingerprint density at radius 3 is 2.81 bits per heavy atom. The van der Waals surface area contributed by atoms with Gasteiger partial charge in [-0.1, -0.05) is 29.3 Å². The summed E-state index contributed by atoms with van der Waals surface area (Å²) >= 11 is 13.7. The number of nitrogens with two attached hydrogens (primary N) is 1. The Kier molecular flexibility index (Phi) is 5.74. The van der Waals surface area contributed by atoms with Crippen molar-refractivity contribution in [2.45, 2.75) is 25.4 Å². The molecule has 2 heterocycles. The fraction of sp³-hybridized carbons (Fsp3) is 0.357. The lowest BCUT2D eigenvalue weighted by atomic mass is 10.0. The normalized spacial score (nSPS) is 18.7. The van der Waals surface area contributed by atoms with E-state index in [1.165, 1.54) is 16.9 Å².